The molecule has 0 aliphatic heterocycles. The van der Waals surface area contributed by atoms with Gasteiger partial charge >= 0.3 is 8.56 Å². The van der Waals surface area contributed by atoms with Crippen molar-refractivity contribution in [3.63, 3.8) is 0 Å². The number of hydrogen-bond donors (Lipinski definition) is 1. The van der Waals surface area contributed by atoms with Crippen LogP contribution in [0.3, 0.4) is 0 Å². The molecule has 0 bridgehead atoms. The van der Waals surface area contributed by atoms with E-state index in [0.717, 1.165) is 13.2 Å². The maximum absolute atomic E-state index is 5.39. The van der Waals surface area contributed by atoms with E-state index in [0.29, 0.717) is 6.54 Å². The van der Waals surface area contributed by atoms with E-state index in [-0.39, 0.29) is 0 Å². The van der Waals surface area contributed by atoms with E-state index >= 15 is 0 Å². The minimum Gasteiger partial charge on any atom is -0.395 e. The Kier molecular flexibility index (Phi) is 8.98. The van der Waals surface area contributed by atoms with E-state index in [1.807, 2.05) is 44.2 Å². The molecule has 1 rings (SSSR count). The lowest BCUT2D eigenvalue weighted by Gasteiger charge is -2.20. The van der Waals surface area contributed by atoms with Crippen LogP contribution < -0.4 is 5.73 Å². The quantitative estimate of drug-likeness (QED) is 0.823. The Morgan fingerprint density at radius 2 is 1.47 bits per heavy atom. The normalized spacial score (nSPS) is 10.6. The Balaban J connectivity index is 0.000000302. The minimum atomic E-state index is -1.70. The molecule has 0 unspecified atom stereocenters. The van der Waals surface area contributed by atoms with Crippen LogP contribution in [0.15, 0.2) is 30.3 Å². The van der Waals surface area contributed by atoms with Gasteiger partial charge in [-0.1, -0.05) is 30.3 Å². The van der Waals surface area contributed by atoms with Crippen LogP contribution in [0.4, 0.5) is 0 Å². The predicted octanol–water partition coefficient (Wildman–Crippen LogP) is 2.91. The Morgan fingerprint density at radius 1 is 1.00 bits per heavy atom. The molecule has 3 nitrogen and oxygen atoms in total. The van der Waals surface area contributed by atoms with E-state index in [9.17, 15) is 0 Å². The summed E-state index contributed by atoms with van der Waals surface area (Å²) in [5.74, 6) is 0. The van der Waals surface area contributed by atoms with Crippen molar-refractivity contribution in [2.24, 2.45) is 5.73 Å². The topological polar surface area (TPSA) is 44.5 Å². The van der Waals surface area contributed by atoms with Crippen molar-refractivity contribution in [1.29, 1.82) is 0 Å². The average molecular weight is 255 g/mol. The fourth-order valence-electron chi connectivity index (χ4n) is 1.35. The number of hydrogen-bond acceptors (Lipinski definition) is 3. The summed E-state index contributed by atoms with van der Waals surface area (Å²) < 4.78 is 10.8. The number of benzene rings is 1. The molecular formula is C13H25NO2Si. The van der Waals surface area contributed by atoms with Crippen LogP contribution in [0.2, 0.25) is 13.1 Å². The van der Waals surface area contributed by atoms with Crippen molar-refractivity contribution in [3.05, 3.63) is 35.9 Å². The summed E-state index contributed by atoms with van der Waals surface area (Å²) in [6.45, 7) is 10.3. The molecule has 0 spiro atoms. The van der Waals surface area contributed by atoms with Gasteiger partial charge in [0.05, 0.1) is 0 Å². The van der Waals surface area contributed by atoms with Gasteiger partial charge in [-0.25, -0.2) is 0 Å². The predicted molar refractivity (Wildman–Crippen MR) is 75.1 cm³/mol. The Morgan fingerprint density at radius 3 is 1.76 bits per heavy atom. The van der Waals surface area contributed by atoms with E-state index in [2.05, 4.69) is 13.1 Å². The number of nitrogens with two attached hydrogens (primary N) is 1. The molecule has 98 valence electrons. The van der Waals surface area contributed by atoms with Gasteiger partial charge in [-0.3, -0.25) is 0 Å². The summed E-state index contributed by atoms with van der Waals surface area (Å²) >= 11 is 0. The minimum absolute atomic E-state index is 0.640. The molecule has 0 amide bonds. The molecule has 0 fully saturated rings. The van der Waals surface area contributed by atoms with Gasteiger partial charge in [0.15, 0.2) is 0 Å². The summed E-state index contributed by atoms with van der Waals surface area (Å²) in [7, 11) is -1.70. The lowest BCUT2D eigenvalue weighted by atomic mass is 10.2. The summed E-state index contributed by atoms with van der Waals surface area (Å²) in [5.41, 5.74) is 6.54. The van der Waals surface area contributed by atoms with Crippen LogP contribution >= 0.6 is 0 Å². The van der Waals surface area contributed by atoms with Crippen LogP contribution in [0.5, 0.6) is 0 Å². The van der Waals surface area contributed by atoms with Crippen molar-refractivity contribution in [2.45, 2.75) is 33.5 Å². The summed E-state index contributed by atoms with van der Waals surface area (Å²) in [4.78, 5) is 0. The molecule has 0 aliphatic rings. The second kappa shape index (κ2) is 9.36. The van der Waals surface area contributed by atoms with Gasteiger partial charge in [-0.05, 0) is 32.5 Å². The Hall–Kier alpha value is -0.683. The molecule has 2 N–H and O–H groups in total. The van der Waals surface area contributed by atoms with Gasteiger partial charge in [0.25, 0.3) is 0 Å². The zero-order valence-corrected chi connectivity index (χ0v) is 12.4. The molecule has 0 saturated heterocycles. The molecule has 0 aliphatic carbocycles. The summed E-state index contributed by atoms with van der Waals surface area (Å²) in [6.07, 6.45) is 0. The van der Waals surface area contributed by atoms with Crippen LogP contribution in [-0.4, -0.2) is 21.8 Å². The standard InChI is InChI=1S/C7H9N.C6H16O2Si/c8-6-7-4-2-1-3-5-7;1-5-7-9(3,4)8-6-2/h1-5H,6,8H2;5-6H2,1-4H3. The molecule has 0 aromatic heterocycles. The first kappa shape index (κ1) is 16.3. The second-order valence-corrected chi connectivity index (χ2v) is 7.33. The molecular weight excluding hydrogens is 230 g/mol. The Labute approximate surface area is 106 Å². The highest BCUT2D eigenvalue weighted by Crippen LogP contribution is 2.04. The molecule has 1 aromatic carbocycles. The van der Waals surface area contributed by atoms with Crippen LogP contribution in [0.25, 0.3) is 0 Å². The fraction of sp³-hybridized carbons (Fsp3) is 0.538. The van der Waals surface area contributed by atoms with Gasteiger partial charge in [0.1, 0.15) is 0 Å². The molecule has 0 heterocycles. The molecule has 0 atom stereocenters. The van der Waals surface area contributed by atoms with E-state index in [1.165, 1.54) is 5.56 Å². The highest BCUT2D eigenvalue weighted by atomic mass is 28.4. The SMILES string of the molecule is CCO[Si](C)(C)OCC.NCc1ccccc1. The first-order valence-electron chi connectivity index (χ1n) is 6.07. The second-order valence-electron chi connectivity index (χ2n) is 3.96. The summed E-state index contributed by atoms with van der Waals surface area (Å²) in [6, 6.07) is 9.99. The van der Waals surface area contributed by atoms with Crippen molar-refractivity contribution >= 4 is 8.56 Å². The molecule has 0 saturated carbocycles. The maximum Gasteiger partial charge on any atom is 0.331 e. The van der Waals surface area contributed by atoms with Gasteiger partial charge < -0.3 is 14.6 Å². The Bertz CT molecular complexity index is 270. The number of rotatable bonds is 5. The largest absolute Gasteiger partial charge is 0.395 e. The first-order valence-corrected chi connectivity index (χ1v) is 8.89. The lowest BCUT2D eigenvalue weighted by molar-refractivity contribution is 0.196. The zero-order chi connectivity index (χ0) is 13.1. The van der Waals surface area contributed by atoms with Gasteiger partial charge in [-0.15, -0.1) is 0 Å². The van der Waals surface area contributed by atoms with Crippen LogP contribution in [0.1, 0.15) is 19.4 Å². The third-order valence-corrected chi connectivity index (χ3v) is 4.03. The van der Waals surface area contributed by atoms with Crippen LogP contribution in [-0.2, 0) is 15.4 Å². The van der Waals surface area contributed by atoms with Gasteiger partial charge in [0.2, 0.25) is 0 Å². The zero-order valence-electron chi connectivity index (χ0n) is 11.4. The first-order chi connectivity index (χ1) is 8.05. The average Bonchev–Trinajstić information content (AvgIpc) is 2.31. The monoisotopic (exact) mass is 255 g/mol. The van der Waals surface area contributed by atoms with Crippen molar-refractivity contribution in [1.82, 2.24) is 0 Å². The van der Waals surface area contributed by atoms with Crippen LogP contribution in [0, 0.1) is 0 Å². The van der Waals surface area contributed by atoms with Crippen molar-refractivity contribution < 1.29 is 8.85 Å². The third-order valence-electron chi connectivity index (χ3n) is 2.06. The molecule has 17 heavy (non-hydrogen) atoms. The smallest absolute Gasteiger partial charge is 0.331 e. The third kappa shape index (κ3) is 9.06. The van der Waals surface area contributed by atoms with Crippen molar-refractivity contribution in [3.8, 4) is 0 Å². The van der Waals surface area contributed by atoms with Gasteiger partial charge in [0, 0.05) is 19.8 Å². The maximum atomic E-state index is 5.39. The van der Waals surface area contributed by atoms with Crippen molar-refractivity contribution in [2.75, 3.05) is 13.2 Å². The highest BCUT2D eigenvalue weighted by Gasteiger charge is 2.22. The fourth-order valence-corrected chi connectivity index (χ4v) is 2.82. The molecule has 0 radical (unpaired) electrons. The van der Waals surface area contributed by atoms with Gasteiger partial charge in [-0.2, -0.15) is 0 Å². The lowest BCUT2D eigenvalue weighted by Crippen LogP contribution is -2.34. The summed E-state index contributed by atoms with van der Waals surface area (Å²) in [5, 5.41) is 0. The molecule has 4 heteroatoms. The molecule has 1 aromatic rings. The van der Waals surface area contributed by atoms with E-state index in [1.54, 1.807) is 0 Å². The van der Waals surface area contributed by atoms with E-state index in [4.69, 9.17) is 14.6 Å². The van der Waals surface area contributed by atoms with E-state index < -0.39 is 8.56 Å². The highest BCUT2D eigenvalue weighted by molar-refractivity contribution is 6.64.